The molecule has 3 aromatic carbocycles. The van der Waals surface area contributed by atoms with Crippen LogP contribution in [0.2, 0.25) is 0 Å². The maximum absolute atomic E-state index is 13.6. The van der Waals surface area contributed by atoms with Crippen LogP contribution < -0.4 is 33.0 Å². The number of hydrogen-bond acceptors (Lipinski definition) is 7. The van der Waals surface area contributed by atoms with E-state index in [9.17, 15) is 14.4 Å². The van der Waals surface area contributed by atoms with Gasteiger partial charge < -0.3 is 27.4 Å². The first-order chi connectivity index (χ1) is 21.4. The van der Waals surface area contributed by atoms with Crippen LogP contribution in [0.5, 0.6) is 0 Å². The zero-order valence-corrected chi connectivity index (χ0v) is 25.6. The van der Waals surface area contributed by atoms with Crippen LogP contribution in [0.3, 0.4) is 0 Å². The Morgan fingerprint density at radius 3 is 2.47 bits per heavy atom. The number of carbonyl (C=O) groups excluding carboxylic acids is 2. The molecule has 1 heterocycles. The van der Waals surface area contributed by atoms with Gasteiger partial charge in [0.1, 0.15) is 12.4 Å². The number of anilines is 3. The molecule has 1 fully saturated rings. The third-order valence-electron chi connectivity index (χ3n) is 8.00. The summed E-state index contributed by atoms with van der Waals surface area (Å²) >= 11 is 0. The highest BCUT2D eigenvalue weighted by Gasteiger charge is 2.56. The van der Waals surface area contributed by atoms with Crippen molar-refractivity contribution in [3.05, 3.63) is 106 Å². The molecular formula is C34H38N8O3. The highest BCUT2D eigenvalue weighted by atomic mass is 16.2. The molecule has 0 aliphatic heterocycles. The Labute approximate surface area is 261 Å². The van der Waals surface area contributed by atoms with E-state index < -0.39 is 11.0 Å². The number of benzene rings is 3. The molecule has 1 aliphatic rings. The Morgan fingerprint density at radius 1 is 1.09 bits per heavy atom. The number of rotatable bonds is 11. The van der Waals surface area contributed by atoms with Gasteiger partial charge in [-0.1, -0.05) is 61.5 Å². The van der Waals surface area contributed by atoms with Gasteiger partial charge in [0.2, 0.25) is 11.8 Å². The second-order valence-electron chi connectivity index (χ2n) is 12.0. The lowest BCUT2D eigenvalue weighted by molar-refractivity contribution is -0.122. The van der Waals surface area contributed by atoms with E-state index in [2.05, 4.69) is 20.9 Å². The summed E-state index contributed by atoms with van der Waals surface area (Å²) in [6, 6.07) is 21.9. The van der Waals surface area contributed by atoms with Crippen molar-refractivity contribution in [1.29, 1.82) is 5.41 Å². The number of amides is 2. The van der Waals surface area contributed by atoms with Crippen LogP contribution in [0, 0.1) is 10.8 Å². The molecule has 1 aliphatic carbocycles. The topological polar surface area (TPSA) is 181 Å². The van der Waals surface area contributed by atoms with Gasteiger partial charge in [-0.25, -0.2) is 4.98 Å². The summed E-state index contributed by atoms with van der Waals surface area (Å²) in [4.78, 5) is 44.5. The van der Waals surface area contributed by atoms with Gasteiger partial charge in [0.05, 0.1) is 17.3 Å². The quantitative estimate of drug-likeness (QED) is 0.0846. The van der Waals surface area contributed by atoms with Crippen LogP contribution in [0.25, 0.3) is 11.3 Å². The Morgan fingerprint density at radius 2 is 1.80 bits per heavy atom. The van der Waals surface area contributed by atoms with Gasteiger partial charge in [-0.3, -0.25) is 24.4 Å². The largest absolute Gasteiger partial charge is 0.399 e. The average Bonchev–Trinajstić information content (AvgIpc) is 3.71. The first kappa shape index (κ1) is 31.0. The number of aromatic nitrogens is 2. The Kier molecular flexibility index (Phi) is 8.71. The average molecular weight is 607 g/mol. The zero-order valence-electron chi connectivity index (χ0n) is 25.6. The van der Waals surface area contributed by atoms with Gasteiger partial charge in [0, 0.05) is 35.1 Å². The molecule has 0 spiro atoms. The smallest absolute Gasteiger partial charge is 0.294 e. The molecule has 1 unspecified atom stereocenters. The van der Waals surface area contributed by atoms with Crippen molar-refractivity contribution in [3.63, 3.8) is 0 Å². The fraction of sp³-hybridized carbons (Fsp3) is 0.265. The van der Waals surface area contributed by atoms with E-state index >= 15 is 0 Å². The van der Waals surface area contributed by atoms with E-state index in [-0.39, 0.29) is 48.5 Å². The maximum atomic E-state index is 13.6. The first-order valence-electron chi connectivity index (χ1n) is 14.8. The molecule has 11 nitrogen and oxygen atoms in total. The van der Waals surface area contributed by atoms with Gasteiger partial charge in [-0.15, -0.1) is 0 Å². The molecule has 8 N–H and O–H groups in total. The van der Waals surface area contributed by atoms with Crippen LogP contribution in [0.15, 0.2) is 83.8 Å². The number of nitrogens with zero attached hydrogens (tertiary/aromatic N) is 2. The van der Waals surface area contributed by atoms with E-state index in [0.717, 1.165) is 17.5 Å². The molecule has 11 heteroatoms. The van der Waals surface area contributed by atoms with Crippen molar-refractivity contribution in [2.75, 3.05) is 16.4 Å². The summed E-state index contributed by atoms with van der Waals surface area (Å²) in [5.74, 6) is -0.298. The van der Waals surface area contributed by atoms with Crippen LogP contribution in [0.4, 0.5) is 17.2 Å². The van der Waals surface area contributed by atoms with E-state index in [4.69, 9.17) is 16.9 Å². The van der Waals surface area contributed by atoms with Crippen LogP contribution in [-0.2, 0) is 22.7 Å². The normalized spacial score (nSPS) is 17.0. The van der Waals surface area contributed by atoms with Gasteiger partial charge in [-0.05, 0) is 55.5 Å². The van der Waals surface area contributed by atoms with Gasteiger partial charge in [0.15, 0.2) is 5.82 Å². The fourth-order valence-corrected chi connectivity index (χ4v) is 5.38. The Balaban J connectivity index is 1.39. The van der Waals surface area contributed by atoms with Crippen molar-refractivity contribution in [2.45, 2.75) is 52.2 Å². The van der Waals surface area contributed by atoms with Crippen molar-refractivity contribution >= 4 is 34.8 Å². The molecule has 4 aromatic rings. The van der Waals surface area contributed by atoms with Crippen LogP contribution >= 0.6 is 0 Å². The Bertz CT molecular complexity index is 1800. The molecule has 0 bridgehead atoms. The predicted octanol–water partition coefficient (Wildman–Crippen LogP) is 4.05. The van der Waals surface area contributed by atoms with E-state index in [1.54, 1.807) is 42.5 Å². The van der Waals surface area contributed by atoms with Crippen LogP contribution in [0.1, 0.15) is 49.8 Å². The van der Waals surface area contributed by atoms with Gasteiger partial charge in [0.25, 0.3) is 5.56 Å². The van der Waals surface area contributed by atoms with Crippen molar-refractivity contribution in [3.8, 4) is 11.3 Å². The van der Waals surface area contributed by atoms with Crippen LogP contribution in [-0.4, -0.2) is 33.2 Å². The summed E-state index contributed by atoms with van der Waals surface area (Å²) in [5, 5.41) is 16.4. The van der Waals surface area contributed by atoms with Crippen molar-refractivity contribution < 1.29 is 9.59 Å². The second kappa shape index (κ2) is 12.7. The zero-order chi connectivity index (χ0) is 32.3. The molecule has 5 rings (SSSR count). The molecule has 0 saturated heterocycles. The number of nitrogens with two attached hydrogens (primary N) is 2. The minimum absolute atomic E-state index is 0.0385. The van der Waals surface area contributed by atoms with Gasteiger partial charge >= 0.3 is 0 Å². The van der Waals surface area contributed by atoms with Gasteiger partial charge in [-0.2, -0.15) is 0 Å². The summed E-state index contributed by atoms with van der Waals surface area (Å²) < 4.78 is 1.35. The summed E-state index contributed by atoms with van der Waals surface area (Å²) in [7, 11) is 0. The third-order valence-corrected chi connectivity index (χ3v) is 8.00. The molecule has 2 atom stereocenters. The SMILES string of the molecule is CC(C)Nc1ncc(-c2cc(N)cc(NC(=O)C3(C)C[C@@H]3c3ccccc3)c2)n(CC(=O)NCc2ccc(C(=N)N)cc2)c1=O. The number of nitrogens with one attached hydrogen (secondary N) is 4. The minimum atomic E-state index is -0.551. The molecule has 2 amide bonds. The van der Waals surface area contributed by atoms with Crippen molar-refractivity contribution in [1.82, 2.24) is 14.9 Å². The van der Waals surface area contributed by atoms with E-state index in [1.807, 2.05) is 51.1 Å². The Hall–Kier alpha value is -5.45. The monoisotopic (exact) mass is 606 g/mol. The molecule has 45 heavy (non-hydrogen) atoms. The summed E-state index contributed by atoms with van der Waals surface area (Å²) in [6.45, 7) is 5.67. The van der Waals surface area contributed by atoms with Crippen molar-refractivity contribution in [2.24, 2.45) is 11.1 Å². The summed E-state index contributed by atoms with van der Waals surface area (Å²) in [5.41, 5.74) is 15.1. The lowest BCUT2D eigenvalue weighted by Crippen LogP contribution is -2.35. The first-order valence-corrected chi connectivity index (χ1v) is 14.8. The highest BCUT2D eigenvalue weighted by Crippen LogP contribution is 2.59. The molecule has 0 radical (unpaired) electrons. The standard InChI is InChI=1S/C34H38N8O3/c1-20(2)40-31-32(44)42(19-29(43)38-17-21-9-11-23(12-10-21)30(36)37)28(18-39-31)24-13-25(35)15-26(14-24)41-33(45)34(3)16-27(34)22-7-5-4-6-8-22/h4-15,18,20,27H,16-17,19,35H2,1-3H3,(H3,36,37)(H,38,43)(H,39,40)(H,41,45)/t27-,34?/m1/s1. The predicted molar refractivity (Wildman–Crippen MR) is 177 cm³/mol. The number of hydrogen-bond donors (Lipinski definition) is 6. The van der Waals surface area contributed by atoms with E-state index in [0.29, 0.717) is 28.2 Å². The lowest BCUT2D eigenvalue weighted by Gasteiger charge is -2.18. The molecule has 1 aromatic heterocycles. The lowest BCUT2D eigenvalue weighted by atomic mass is 10.00. The number of nitrogen functional groups attached to an aromatic ring is 2. The molecular weight excluding hydrogens is 568 g/mol. The molecule has 1 saturated carbocycles. The van der Waals surface area contributed by atoms with E-state index in [1.165, 1.54) is 10.8 Å². The number of amidine groups is 1. The maximum Gasteiger partial charge on any atom is 0.294 e. The fourth-order valence-electron chi connectivity index (χ4n) is 5.38. The second-order valence-corrected chi connectivity index (χ2v) is 12.0. The number of carbonyl (C=O) groups is 2. The third kappa shape index (κ3) is 7.04. The highest BCUT2D eigenvalue weighted by molar-refractivity contribution is 5.99. The molecule has 232 valence electrons. The minimum Gasteiger partial charge on any atom is -0.399 e. The summed E-state index contributed by atoms with van der Waals surface area (Å²) in [6.07, 6.45) is 2.26.